The van der Waals surface area contributed by atoms with Crippen LogP contribution in [0.1, 0.15) is 77.2 Å². The molecule has 31 heavy (non-hydrogen) atoms. The van der Waals surface area contributed by atoms with E-state index in [9.17, 15) is 20.1 Å². The zero-order chi connectivity index (χ0) is 22.8. The minimum absolute atomic E-state index is 0.0273. The molecule has 0 spiro atoms. The van der Waals surface area contributed by atoms with Crippen molar-refractivity contribution < 1.29 is 30.0 Å². The smallest absolute Gasteiger partial charge is 0.303 e. The summed E-state index contributed by atoms with van der Waals surface area (Å²) in [4.78, 5) is 10.6. The van der Waals surface area contributed by atoms with Crippen molar-refractivity contribution in [1.82, 2.24) is 0 Å². The van der Waals surface area contributed by atoms with E-state index in [0.717, 1.165) is 37.9 Å². The van der Waals surface area contributed by atoms with Gasteiger partial charge < -0.3 is 25.2 Å². The lowest BCUT2D eigenvalue weighted by molar-refractivity contribution is -0.137. The maximum Gasteiger partial charge on any atom is 0.303 e. The molecule has 1 aliphatic rings. The number of unbranched alkanes of at least 4 members (excludes halogenated alkanes) is 3. The number of carbonyl (C=O) groups is 1. The number of aliphatic hydroxyl groups excluding tert-OH is 3. The summed E-state index contributed by atoms with van der Waals surface area (Å²) in [6, 6.07) is 7.89. The first-order valence-electron chi connectivity index (χ1n) is 11.8. The molecule has 1 aromatic carbocycles. The highest BCUT2D eigenvalue weighted by Crippen LogP contribution is 2.39. The monoisotopic (exact) mass is 436 g/mol. The molecule has 6 nitrogen and oxygen atoms in total. The number of benzene rings is 1. The van der Waals surface area contributed by atoms with Gasteiger partial charge in [-0.25, -0.2) is 0 Å². The highest BCUT2D eigenvalue weighted by Gasteiger charge is 2.41. The van der Waals surface area contributed by atoms with Gasteiger partial charge in [-0.1, -0.05) is 38.3 Å². The summed E-state index contributed by atoms with van der Waals surface area (Å²) in [6.45, 7) is 3.95. The van der Waals surface area contributed by atoms with Crippen LogP contribution in [0.5, 0.6) is 5.75 Å². The van der Waals surface area contributed by atoms with Crippen LogP contribution in [-0.2, 0) is 11.2 Å². The zero-order valence-electron chi connectivity index (χ0n) is 18.9. The first kappa shape index (κ1) is 25.6. The quantitative estimate of drug-likeness (QED) is 0.329. The van der Waals surface area contributed by atoms with Crippen molar-refractivity contribution in [3.8, 4) is 5.75 Å². The van der Waals surface area contributed by atoms with E-state index in [4.69, 9.17) is 9.84 Å². The number of aliphatic carboxylic acids is 1. The third-order valence-electron chi connectivity index (χ3n) is 6.69. The van der Waals surface area contributed by atoms with Crippen LogP contribution in [0, 0.1) is 11.8 Å². The van der Waals surface area contributed by atoms with Gasteiger partial charge in [-0.2, -0.15) is 0 Å². The maximum absolute atomic E-state index is 10.6. The van der Waals surface area contributed by atoms with E-state index >= 15 is 0 Å². The average Bonchev–Trinajstić information content (AvgIpc) is 3.01. The van der Waals surface area contributed by atoms with Crippen molar-refractivity contribution in [2.45, 2.75) is 102 Å². The van der Waals surface area contributed by atoms with E-state index in [-0.39, 0.29) is 24.4 Å². The Bertz CT molecular complexity index is 646. The molecule has 4 N–H and O–H groups in total. The fourth-order valence-corrected chi connectivity index (χ4v) is 4.69. The van der Waals surface area contributed by atoms with Gasteiger partial charge >= 0.3 is 5.97 Å². The molecule has 1 fully saturated rings. The lowest BCUT2D eigenvalue weighted by Gasteiger charge is -2.26. The van der Waals surface area contributed by atoms with E-state index in [1.165, 1.54) is 5.56 Å². The topological polar surface area (TPSA) is 107 Å². The second-order valence-corrected chi connectivity index (χ2v) is 9.01. The van der Waals surface area contributed by atoms with Gasteiger partial charge in [0.1, 0.15) is 11.9 Å². The van der Waals surface area contributed by atoms with E-state index in [2.05, 4.69) is 6.92 Å². The molecule has 0 aromatic heterocycles. The average molecular weight is 437 g/mol. The number of ether oxygens (including phenoxy) is 1. The summed E-state index contributed by atoms with van der Waals surface area (Å²) >= 11 is 0. The van der Waals surface area contributed by atoms with Gasteiger partial charge in [-0.05, 0) is 75.0 Å². The maximum atomic E-state index is 10.6. The fourth-order valence-electron chi connectivity index (χ4n) is 4.69. The summed E-state index contributed by atoms with van der Waals surface area (Å²) < 4.78 is 5.88. The molecule has 176 valence electrons. The van der Waals surface area contributed by atoms with Crippen LogP contribution >= 0.6 is 0 Å². The van der Waals surface area contributed by atoms with E-state index in [0.29, 0.717) is 25.7 Å². The molecule has 0 saturated heterocycles. The number of aryl methyl sites for hydroxylation is 1. The second-order valence-electron chi connectivity index (χ2n) is 9.01. The Morgan fingerprint density at radius 2 is 1.65 bits per heavy atom. The van der Waals surface area contributed by atoms with Crippen molar-refractivity contribution >= 4 is 5.97 Å². The lowest BCUT2D eigenvalue weighted by atomic mass is 9.84. The minimum Gasteiger partial charge on any atom is -0.488 e. The van der Waals surface area contributed by atoms with Gasteiger partial charge in [0.15, 0.2) is 0 Å². The molecular formula is C25H40O6. The molecule has 0 bridgehead atoms. The van der Waals surface area contributed by atoms with Crippen LogP contribution in [0.25, 0.3) is 0 Å². The summed E-state index contributed by atoms with van der Waals surface area (Å²) in [5, 5.41) is 40.1. The number of carboxylic acid groups (broad SMARTS) is 1. The zero-order valence-corrected chi connectivity index (χ0v) is 18.9. The Balaban J connectivity index is 1.76. The van der Waals surface area contributed by atoms with Crippen molar-refractivity contribution in [3.05, 3.63) is 29.8 Å². The largest absolute Gasteiger partial charge is 0.488 e. The Morgan fingerprint density at radius 1 is 1.03 bits per heavy atom. The molecule has 0 radical (unpaired) electrons. The molecule has 1 saturated carbocycles. The van der Waals surface area contributed by atoms with Gasteiger partial charge in [0.25, 0.3) is 0 Å². The fraction of sp³-hybridized carbons (Fsp3) is 0.720. The summed E-state index contributed by atoms with van der Waals surface area (Å²) in [5.74, 6) is -0.0239. The predicted octanol–water partition coefficient (Wildman–Crippen LogP) is 3.94. The molecule has 2 rings (SSSR count). The standard InChI is InChI=1S/C25H40O6/c1-3-18-10-12-19(13-11-18)31-17(2)22(26)15-14-21-20(23(27)16-24(21)28)8-6-4-5-7-9-25(29)30/h10-13,17,20-24,26-28H,3-9,14-16H2,1-2H3,(H,29,30). The van der Waals surface area contributed by atoms with Crippen LogP contribution in [0.4, 0.5) is 0 Å². The van der Waals surface area contributed by atoms with E-state index in [1.807, 2.05) is 31.2 Å². The van der Waals surface area contributed by atoms with Crippen LogP contribution in [0.3, 0.4) is 0 Å². The van der Waals surface area contributed by atoms with Crippen molar-refractivity contribution in [2.24, 2.45) is 11.8 Å². The molecule has 1 aromatic rings. The Morgan fingerprint density at radius 3 is 2.26 bits per heavy atom. The second kappa shape index (κ2) is 13.0. The van der Waals surface area contributed by atoms with Crippen molar-refractivity contribution in [3.63, 3.8) is 0 Å². The number of hydrogen-bond donors (Lipinski definition) is 4. The van der Waals surface area contributed by atoms with Crippen LogP contribution in [-0.4, -0.2) is 50.8 Å². The molecule has 1 aliphatic carbocycles. The highest BCUT2D eigenvalue weighted by molar-refractivity contribution is 5.66. The summed E-state index contributed by atoms with van der Waals surface area (Å²) in [7, 11) is 0. The molecular weight excluding hydrogens is 396 g/mol. The van der Waals surface area contributed by atoms with Gasteiger partial charge in [0, 0.05) is 6.42 Å². The number of aliphatic hydroxyl groups is 3. The third kappa shape index (κ3) is 8.43. The van der Waals surface area contributed by atoms with Gasteiger partial charge in [-0.3, -0.25) is 4.79 Å². The molecule has 0 aliphatic heterocycles. The molecule has 0 amide bonds. The molecule has 0 heterocycles. The first-order chi connectivity index (χ1) is 14.8. The Labute approximate surface area is 186 Å². The Hall–Kier alpha value is -1.63. The highest BCUT2D eigenvalue weighted by atomic mass is 16.5. The minimum atomic E-state index is -0.760. The van der Waals surface area contributed by atoms with Crippen molar-refractivity contribution in [2.75, 3.05) is 0 Å². The van der Waals surface area contributed by atoms with E-state index < -0.39 is 24.3 Å². The van der Waals surface area contributed by atoms with Crippen molar-refractivity contribution in [1.29, 1.82) is 0 Å². The number of rotatable bonds is 14. The number of hydrogen-bond acceptors (Lipinski definition) is 5. The van der Waals surface area contributed by atoms with Crippen LogP contribution in [0.15, 0.2) is 24.3 Å². The van der Waals surface area contributed by atoms with Crippen LogP contribution < -0.4 is 4.74 Å². The number of carboxylic acids is 1. The van der Waals surface area contributed by atoms with Gasteiger partial charge in [0.2, 0.25) is 0 Å². The molecule has 6 atom stereocenters. The predicted molar refractivity (Wildman–Crippen MR) is 120 cm³/mol. The normalized spacial score (nSPS) is 25.3. The third-order valence-corrected chi connectivity index (χ3v) is 6.69. The summed E-state index contributed by atoms with van der Waals surface area (Å²) in [5.41, 5.74) is 1.24. The van der Waals surface area contributed by atoms with Crippen LogP contribution in [0.2, 0.25) is 0 Å². The van der Waals surface area contributed by atoms with Gasteiger partial charge in [0.05, 0.1) is 18.3 Å². The molecule has 6 unspecified atom stereocenters. The Kier molecular flexibility index (Phi) is 10.8. The SMILES string of the molecule is CCc1ccc(OC(C)C(O)CCC2C(O)CC(O)C2CCCCCCC(=O)O)cc1. The van der Waals surface area contributed by atoms with Gasteiger partial charge in [-0.15, -0.1) is 0 Å². The first-order valence-corrected chi connectivity index (χ1v) is 11.8. The molecule has 6 heteroatoms. The lowest BCUT2D eigenvalue weighted by Crippen LogP contribution is -2.31. The summed E-state index contributed by atoms with van der Waals surface area (Å²) in [6.07, 6.45) is 4.88. The van der Waals surface area contributed by atoms with E-state index in [1.54, 1.807) is 0 Å².